The van der Waals surface area contributed by atoms with Crippen LogP contribution in [0.3, 0.4) is 0 Å². The number of hydrogen-bond donors (Lipinski definition) is 1. The summed E-state index contributed by atoms with van der Waals surface area (Å²) < 4.78 is 44.1. The lowest BCUT2D eigenvalue weighted by Crippen LogP contribution is -2.36. The zero-order valence-electron chi connectivity index (χ0n) is 16.5. The van der Waals surface area contributed by atoms with Gasteiger partial charge in [0.2, 0.25) is 0 Å². The van der Waals surface area contributed by atoms with E-state index in [2.05, 4.69) is 14.9 Å². The molecule has 1 aliphatic heterocycles. The molecule has 0 amide bonds. The Labute approximate surface area is 172 Å². The number of nitrogens with zero attached hydrogens (tertiary/aromatic N) is 3. The van der Waals surface area contributed by atoms with Crippen molar-refractivity contribution in [1.82, 2.24) is 19.9 Å². The SMILES string of the molecule is FC(F)(F)c1ccc(-c2nc(CCCN3CCOCC3)[nH]c2-c2ccncc2)cc1. The van der Waals surface area contributed by atoms with Crippen LogP contribution in [-0.2, 0) is 17.3 Å². The Hall–Kier alpha value is -2.71. The average molecular weight is 416 g/mol. The molecule has 3 heterocycles. The normalized spacial score (nSPS) is 15.4. The van der Waals surface area contributed by atoms with Crippen molar-refractivity contribution in [1.29, 1.82) is 0 Å². The van der Waals surface area contributed by atoms with Gasteiger partial charge in [-0.2, -0.15) is 13.2 Å². The second-order valence-corrected chi connectivity index (χ2v) is 7.28. The van der Waals surface area contributed by atoms with Gasteiger partial charge < -0.3 is 9.72 Å². The molecule has 1 aliphatic rings. The van der Waals surface area contributed by atoms with E-state index < -0.39 is 11.7 Å². The lowest BCUT2D eigenvalue weighted by atomic mass is 10.0. The van der Waals surface area contributed by atoms with Crippen molar-refractivity contribution in [2.24, 2.45) is 0 Å². The minimum atomic E-state index is -4.36. The summed E-state index contributed by atoms with van der Waals surface area (Å²) in [6.45, 7) is 4.38. The van der Waals surface area contributed by atoms with Crippen molar-refractivity contribution in [2.75, 3.05) is 32.8 Å². The molecule has 0 atom stereocenters. The molecule has 0 radical (unpaired) electrons. The van der Waals surface area contributed by atoms with E-state index in [1.165, 1.54) is 12.1 Å². The zero-order valence-corrected chi connectivity index (χ0v) is 16.5. The smallest absolute Gasteiger partial charge is 0.379 e. The van der Waals surface area contributed by atoms with E-state index in [1.54, 1.807) is 12.4 Å². The highest BCUT2D eigenvalue weighted by Crippen LogP contribution is 2.34. The Kier molecular flexibility index (Phi) is 6.15. The fraction of sp³-hybridized carbons (Fsp3) is 0.364. The highest BCUT2D eigenvalue weighted by molar-refractivity contribution is 5.78. The van der Waals surface area contributed by atoms with Crippen LogP contribution in [-0.4, -0.2) is 52.7 Å². The Morgan fingerprint density at radius 1 is 0.967 bits per heavy atom. The van der Waals surface area contributed by atoms with Crippen LogP contribution in [0.2, 0.25) is 0 Å². The Morgan fingerprint density at radius 2 is 1.67 bits per heavy atom. The third-order valence-corrected chi connectivity index (χ3v) is 5.20. The topological polar surface area (TPSA) is 54.0 Å². The van der Waals surface area contributed by atoms with Crippen LogP contribution < -0.4 is 0 Å². The predicted octanol–water partition coefficient (Wildman–Crippen LogP) is 4.42. The molecule has 1 aromatic carbocycles. The molecule has 0 bridgehead atoms. The number of H-pyrrole nitrogens is 1. The third-order valence-electron chi connectivity index (χ3n) is 5.20. The summed E-state index contributed by atoms with van der Waals surface area (Å²) in [5.41, 5.74) is 2.31. The van der Waals surface area contributed by atoms with Crippen molar-refractivity contribution >= 4 is 0 Å². The van der Waals surface area contributed by atoms with E-state index >= 15 is 0 Å². The number of ether oxygens (including phenoxy) is 1. The second-order valence-electron chi connectivity index (χ2n) is 7.28. The van der Waals surface area contributed by atoms with Crippen molar-refractivity contribution < 1.29 is 17.9 Å². The van der Waals surface area contributed by atoms with Crippen molar-refractivity contribution in [3.63, 3.8) is 0 Å². The first-order valence-electron chi connectivity index (χ1n) is 9.98. The first-order chi connectivity index (χ1) is 14.5. The number of rotatable bonds is 6. The molecular formula is C22H23F3N4O. The van der Waals surface area contributed by atoms with Gasteiger partial charge >= 0.3 is 6.18 Å². The summed E-state index contributed by atoms with van der Waals surface area (Å²) in [5.74, 6) is 0.824. The number of aryl methyl sites for hydroxylation is 1. The molecule has 1 fully saturated rings. The molecule has 5 nitrogen and oxygen atoms in total. The fourth-order valence-electron chi connectivity index (χ4n) is 3.59. The van der Waals surface area contributed by atoms with Crippen LogP contribution >= 0.6 is 0 Å². The van der Waals surface area contributed by atoms with Crippen LogP contribution in [0.5, 0.6) is 0 Å². The van der Waals surface area contributed by atoms with Gasteiger partial charge in [0.1, 0.15) is 5.82 Å². The van der Waals surface area contributed by atoms with E-state index in [-0.39, 0.29) is 0 Å². The molecule has 4 rings (SSSR count). The lowest BCUT2D eigenvalue weighted by Gasteiger charge is -2.26. The quantitative estimate of drug-likeness (QED) is 0.646. The standard InChI is InChI=1S/C22H23F3N4O/c23-22(24,25)18-5-3-16(4-6-18)20-21(17-7-9-26-10-8-17)28-19(27-20)2-1-11-29-12-14-30-15-13-29/h3-10H,1-2,11-15H2,(H,27,28). The van der Waals surface area contributed by atoms with Gasteiger partial charge in [-0.1, -0.05) is 12.1 Å². The van der Waals surface area contributed by atoms with Crippen molar-refractivity contribution in [3.05, 3.63) is 60.2 Å². The van der Waals surface area contributed by atoms with Gasteiger partial charge in [0.05, 0.1) is 30.2 Å². The number of alkyl halides is 3. The molecule has 158 valence electrons. The number of aromatic nitrogens is 3. The highest BCUT2D eigenvalue weighted by Gasteiger charge is 2.30. The van der Waals surface area contributed by atoms with E-state index in [0.29, 0.717) is 11.3 Å². The number of morpholine rings is 1. The molecule has 0 spiro atoms. The van der Waals surface area contributed by atoms with Gasteiger partial charge in [0, 0.05) is 43.0 Å². The summed E-state index contributed by atoms with van der Waals surface area (Å²) in [6.07, 6.45) is 0.712. The highest BCUT2D eigenvalue weighted by atomic mass is 19.4. The van der Waals surface area contributed by atoms with Gasteiger partial charge in [-0.25, -0.2) is 4.98 Å². The number of halogens is 3. The monoisotopic (exact) mass is 416 g/mol. The minimum Gasteiger partial charge on any atom is -0.379 e. The number of pyridine rings is 1. The molecule has 1 N–H and O–H groups in total. The van der Waals surface area contributed by atoms with Crippen LogP contribution in [0.1, 0.15) is 17.8 Å². The largest absolute Gasteiger partial charge is 0.416 e. The van der Waals surface area contributed by atoms with Gasteiger partial charge in [-0.15, -0.1) is 0 Å². The molecule has 0 aliphatic carbocycles. The minimum absolute atomic E-state index is 0.644. The fourth-order valence-corrected chi connectivity index (χ4v) is 3.59. The maximum absolute atomic E-state index is 12.9. The average Bonchev–Trinajstić information content (AvgIpc) is 3.19. The van der Waals surface area contributed by atoms with E-state index in [1.807, 2.05) is 12.1 Å². The molecule has 0 unspecified atom stereocenters. The maximum Gasteiger partial charge on any atom is 0.416 e. The number of nitrogens with one attached hydrogen (secondary N) is 1. The van der Waals surface area contributed by atoms with Crippen LogP contribution in [0.4, 0.5) is 13.2 Å². The number of benzene rings is 1. The van der Waals surface area contributed by atoms with Crippen LogP contribution in [0, 0.1) is 0 Å². The van der Waals surface area contributed by atoms with Crippen molar-refractivity contribution in [3.8, 4) is 22.5 Å². The predicted molar refractivity (Wildman–Crippen MR) is 108 cm³/mol. The molecule has 30 heavy (non-hydrogen) atoms. The van der Waals surface area contributed by atoms with Crippen molar-refractivity contribution in [2.45, 2.75) is 19.0 Å². The van der Waals surface area contributed by atoms with Gasteiger partial charge in [0.25, 0.3) is 0 Å². The van der Waals surface area contributed by atoms with E-state index in [0.717, 1.165) is 74.9 Å². The van der Waals surface area contributed by atoms with Crippen LogP contribution in [0.25, 0.3) is 22.5 Å². The van der Waals surface area contributed by atoms with Gasteiger partial charge in [0.15, 0.2) is 0 Å². The van der Waals surface area contributed by atoms with E-state index in [4.69, 9.17) is 9.72 Å². The summed E-state index contributed by atoms with van der Waals surface area (Å²) in [6, 6.07) is 8.86. The number of hydrogen-bond acceptors (Lipinski definition) is 4. The van der Waals surface area contributed by atoms with Gasteiger partial charge in [-0.3, -0.25) is 9.88 Å². The van der Waals surface area contributed by atoms with Gasteiger partial charge in [-0.05, 0) is 37.2 Å². The molecule has 3 aromatic rings. The Bertz CT molecular complexity index is 949. The first-order valence-corrected chi connectivity index (χ1v) is 9.98. The second kappa shape index (κ2) is 8.97. The number of imidazole rings is 1. The zero-order chi connectivity index (χ0) is 21.0. The summed E-state index contributed by atoms with van der Waals surface area (Å²) in [5, 5.41) is 0. The maximum atomic E-state index is 12.9. The summed E-state index contributed by atoms with van der Waals surface area (Å²) in [7, 11) is 0. The van der Waals surface area contributed by atoms with Crippen LogP contribution in [0.15, 0.2) is 48.8 Å². The number of aromatic amines is 1. The molecule has 0 saturated carbocycles. The molecular weight excluding hydrogens is 393 g/mol. The molecule has 2 aromatic heterocycles. The third kappa shape index (κ3) is 4.88. The first kappa shape index (κ1) is 20.6. The Balaban J connectivity index is 1.56. The summed E-state index contributed by atoms with van der Waals surface area (Å²) >= 11 is 0. The summed E-state index contributed by atoms with van der Waals surface area (Å²) in [4.78, 5) is 14.5. The molecule has 1 saturated heterocycles. The van der Waals surface area contributed by atoms with E-state index in [9.17, 15) is 13.2 Å². The molecule has 8 heteroatoms. The lowest BCUT2D eigenvalue weighted by molar-refractivity contribution is -0.137. The Morgan fingerprint density at radius 3 is 2.33 bits per heavy atom.